The molecule has 12 heavy (non-hydrogen) atoms. The number of alkyl carbamates (subject to hydrolysis) is 1. The smallest absolute Gasteiger partial charge is 0.407 e. The molecule has 1 saturated heterocycles. The Morgan fingerprint density at radius 2 is 2.25 bits per heavy atom. The van der Waals surface area contributed by atoms with Crippen LogP contribution in [0.4, 0.5) is 4.79 Å². The Hall–Kier alpha value is -0.780. The largest absolute Gasteiger partial charge is 0.453 e. The molecule has 1 aliphatic heterocycles. The zero-order chi connectivity index (χ0) is 9.19. The first-order valence-corrected chi connectivity index (χ1v) is 5.40. The average Bonchev–Trinajstić information content (AvgIpc) is 2.30. The Morgan fingerprint density at radius 1 is 1.58 bits per heavy atom. The minimum absolute atomic E-state index is 0.0299. The predicted molar refractivity (Wildman–Crippen MR) is 42.6 cm³/mol. The van der Waals surface area contributed by atoms with Gasteiger partial charge in [0, 0.05) is 6.04 Å². The van der Waals surface area contributed by atoms with Gasteiger partial charge in [-0.2, -0.15) is 0 Å². The molecule has 0 aromatic carbocycles. The van der Waals surface area contributed by atoms with Crippen LogP contribution in [0.1, 0.15) is 6.42 Å². The normalized spacial score (nSPS) is 26.6. The number of amides is 1. The quantitative estimate of drug-likeness (QED) is 0.611. The molecule has 1 atom stereocenters. The van der Waals surface area contributed by atoms with Crippen LogP contribution < -0.4 is 5.32 Å². The van der Waals surface area contributed by atoms with E-state index in [0.717, 1.165) is 0 Å². The fraction of sp³-hybridized carbons (Fsp3) is 0.833. The molecule has 0 unspecified atom stereocenters. The van der Waals surface area contributed by atoms with E-state index in [1.807, 2.05) is 0 Å². The summed E-state index contributed by atoms with van der Waals surface area (Å²) in [7, 11) is -1.67. The molecule has 0 spiro atoms. The molecule has 1 amide bonds. The van der Waals surface area contributed by atoms with Crippen LogP contribution >= 0.6 is 0 Å². The molecule has 0 saturated carbocycles. The first-order valence-electron chi connectivity index (χ1n) is 3.58. The van der Waals surface area contributed by atoms with Crippen LogP contribution in [0.2, 0.25) is 0 Å². The van der Waals surface area contributed by atoms with Crippen LogP contribution in [0.5, 0.6) is 0 Å². The van der Waals surface area contributed by atoms with Crippen LogP contribution in [-0.2, 0) is 14.6 Å². The van der Waals surface area contributed by atoms with Crippen LogP contribution in [0.15, 0.2) is 0 Å². The molecule has 0 aliphatic carbocycles. The van der Waals surface area contributed by atoms with E-state index >= 15 is 0 Å². The summed E-state index contributed by atoms with van der Waals surface area (Å²) >= 11 is 0. The van der Waals surface area contributed by atoms with E-state index < -0.39 is 15.9 Å². The first kappa shape index (κ1) is 9.31. The van der Waals surface area contributed by atoms with E-state index in [2.05, 4.69) is 10.1 Å². The number of hydrogen-bond acceptors (Lipinski definition) is 4. The van der Waals surface area contributed by atoms with Crippen molar-refractivity contribution < 1.29 is 17.9 Å². The maximum Gasteiger partial charge on any atom is 0.407 e. The third-order valence-corrected chi connectivity index (χ3v) is 3.51. The van der Waals surface area contributed by atoms with Gasteiger partial charge in [-0.1, -0.05) is 0 Å². The number of carbonyl (C=O) groups excluding carboxylic acids is 1. The highest BCUT2D eigenvalue weighted by atomic mass is 32.2. The Balaban J connectivity index is 2.43. The van der Waals surface area contributed by atoms with Gasteiger partial charge in [0.1, 0.15) is 0 Å². The van der Waals surface area contributed by atoms with Crippen molar-refractivity contribution in [2.75, 3.05) is 18.6 Å². The molecule has 0 aromatic rings. The number of sulfone groups is 1. The fourth-order valence-corrected chi connectivity index (χ4v) is 2.81. The molecule has 70 valence electrons. The van der Waals surface area contributed by atoms with Gasteiger partial charge in [0.15, 0.2) is 9.84 Å². The van der Waals surface area contributed by atoms with Crippen LogP contribution in [0, 0.1) is 0 Å². The summed E-state index contributed by atoms with van der Waals surface area (Å²) in [5, 5.41) is 2.44. The molecule has 0 aromatic heterocycles. The zero-order valence-corrected chi connectivity index (χ0v) is 7.56. The highest BCUT2D eigenvalue weighted by molar-refractivity contribution is 7.91. The molecule has 0 radical (unpaired) electrons. The highest BCUT2D eigenvalue weighted by Gasteiger charge is 2.28. The lowest BCUT2D eigenvalue weighted by Gasteiger charge is -2.08. The summed E-state index contributed by atoms with van der Waals surface area (Å²) in [5.74, 6) is 0.184. The Kier molecular flexibility index (Phi) is 2.56. The van der Waals surface area contributed by atoms with Crippen LogP contribution in [0.3, 0.4) is 0 Å². The highest BCUT2D eigenvalue weighted by Crippen LogP contribution is 2.10. The second kappa shape index (κ2) is 3.30. The van der Waals surface area contributed by atoms with E-state index in [-0.39, 0.29) is 17.5 Å². The summed E-state index contributed by atoms with van der Waals surface area (Å²) < 4.78 is 26.2. The Bertz CT molecular complexity index is 271. The third kappa shape index (κ3) is 2.37. The van der Waals surface area contributed by atoms with Crippen molar-refractivity contribution in [2.24, 2.45) is 0 Å². The molecule has 1 rings (SSSR count). The molecule has 0 bridgehead atoms. The predicted octanol–water partition coefficient (Wildman–Crippen LogP) is -0.470. The van der Waals surface area contributed by atoms with Crippen molar-refractivity contribution in [2.45, 2.75) is 12.5 Å². The van der Waals surface area contributed by atoms with Gasteiger partial charge in [-0.15, -0.1) is 0 Å². The van der Waals surface area contributed by atoms with Crippen LogP contribution in [-0.4, -0.2) is 39.2 Å². The Morgan fingerprint density at radius 3 is 2.67 bits per heavy atom. The van der Waals surface area contributed by atoms with Crippen molar-refractivity contribution in [3.8, 4) is 0 Å². The van der Waals surface area contributed by atoms with Crippen molar-refractivity contribution in [1.82, 2.24) is 5.32 Å². The molecule has 5 nitrogen and oxygen atoms in total. The van der Waals surface area contributed by atoms with E-state index in [0.29, 0.717) is 6.42 Å². The van der Waals surface area contributed by atoms with Gasteiger partial charge in [-0.25, -0.2) is 13.2 Å². The van der Waals surface area contributed by atoms with Crippen LogP contribution in [0.25, 0.3) is 0 Å². The topological polar surface area (TPSA) is 72.5 Å². The minimum Gasteiger partial charge on any atom is -0.453 e. The molecular formula is C6H11NO4S. The first-order chi connectivity index (χ1) is 5.53. The minimum atomic E-state index is -2.92. The van der Waals surface area contributed by atoms with E-state index in [9.17, 15) is 13.2 Å². The standard InChI is InChI=1S/C6H11NO4S/c1-11-6(8)7-5-2-3-12(9,10)4-5/h5H,2-4H2,1H3,(H,7,8)/t5-/m1/s1. The molecule has 1 heterocycles. The molecule has 1 N–H and O–H groups in total. The summed E-state index contributed by atoms with van der Waals surface area (Å²) in [4.78, 5) is 10.7. The van der Waals surface area contributed by atoms with E-state index in [1.165, 1.54) is 7.11 Å². The monoisotopic (exact) mass is 193 g/mol. The summed E-state index contributed by atoms with van der Waals surface area (Å²) in [6.45, 7) is 0. The third-order valence-electron chi connectivity index (χ3n) is 1.74. The van der Waals surface area contributed by atoms with Gasteiger partial charge in [0.25, 0.3) is 0 Å². The van der Waals surface area contributed by atoms with Gasteiger partial charge in [0.05, 0.1) is 18.6 Å². The van der Waals surface area contributed by atoms with Gasteiger partial charge in [0.2, 0.25) is 0 Å². The molecular weight excluding hydrogens is 182 g/mol. The number of nitrogens with one attached hydrogen (secondary N) is 1. The van der Waals surface area contributed by atoms with Gasteiger partial charge in [-0.05, 0) is 6.42 Å². The second-order valence-electron chi connectivity index (χ2n) is 2.74. The van der Waals surface area contributed by atoms with Crippen molar-refractivity contribution >= 4 is 15.9 Å². The van der Waals surface area contributed by atoms with Gasteiger partial charge in [-0.3, -0.25) is 0 Å². The van der Waals surface area contributed by atoms with E-state index in [4.69, 9.17) is 0 Å². The number of hydrogen-bond donors (Lipinski definition) is 1. The number of ether oxygens (including phenoxy) is 1. The maximum atomic E-state index is 10.9. The Labute approximate surface area is 71.0 Å². The molecule has 6 heteroatoms. The van der Waals surface area contributed by atoms with Crippen molar-refractivity contribution in [3.05, 3.63) is 0 Å². The fourth-order valence-electron chi connectivity index (χ4n) is 1.13. The lowest BCUT2D eigenvalue weighted by Crippen LogP contribution is -2.35. The number of rotatable bonds is 1. The lowest BCUT2D eigenvalue weighted by molar-refractivity contribution is 0.167. The second-order valence-corrected chi connectivity index (χ2v) is 4.96. The molecule has 1 aliphatic rings. The van der Waals surface area contributed by atoms with Crippen molar-refractivity contribution in [3.63, 3.8) is 0 Å². The SMILES string of the molecule is COC(=O)N[C@@H]1CCS(=O)(=O)C1. The summed E-state index contributed by atoms with van der Waals surface area (Å²) in [6, 6.07) is -0.276. The lowest BCUT2D eigenvalue weighted by atomic mass is 10.3. The number of carbonyl (C=O) groups is 1. The summed E-state index contributed by atoms with van der Waals surface area (Å²) in [6.07, 6.45) is -0.0886. The average molecular weight is 193 g/mol. The maximum absolute atomic E-state index is 10.9. The zero-order valence-electron chi connectivity index (χ0n) is 6.74. The number of methoxy groups -OCH3 is 1. The molecule has 1 fully saturated rings. The summed E-state index contributed by atoms with van der Waals surface area (Å²) in [5.41, 5.74) is 0. The van der Waals surface area contributed by atoms with Gasteiger partial charge >= 0.3 is 6.09 Å². The van der Waals surface area contributed by atoms with E-state index in [1.54, 1.807) is 0 Å². The van der Waals surface area contributed by atoms with Crippen molar-refractivity contribution in [1.29, 1.82) is 0 Å². The van der Waals surface area contributed by atoms with Gasteiger partial charge < -0.3 is 10.1 Å².